The Bertz CT molecular complexity index is 819. The molecule has 0 aromatic heterocycles. The first kappa shape index (κ1) is 27.8. The predicted octanol–water partition coefficient (Wildman–Crippen LogP) is 7.41. The molecule has 0 saturated heterocycles. The average molecular weight is 450 g/mol. The van der Waals surface area contributed by atoms with E-state index in [0.717, 1.165) is 56.6 Å². The fourth-order valence-corrected chi connectivity index (χ4v) is 3.68. The largest absolute Gasteiger partial charge is 0.508 e. The van der Waals surface area contributed by atoms with Gasteiger partial charge in [-0.25, -0.2) is 0 Å². The van der Waals surface area contributed by atoms with Crippen molar-refractivity contribution in [2.24, 2.45) is 5.92 Å². The van der Waals surface area contributed by atoms with Crippen molar-refractivity contribution >= 4 is 0 Å². The molecule has 1 aromatic rings. The molecule has 0 amide bonds. The van der Waals surface area contributed by atoms with Crippen molar-refractivity contribution in [3.8, 4) is 5.75 Å². The topological polar surface area (TPSA) is 23.5 Å². The molecule has 2 rings (SSSR count). The summed E-state index contributed by atoms with van der Waals surface area (Å²) >= 11 is 0. The van der Waals surface area contributed by atoms with Crippen molar-refractivity contribution in [1.82, 2.24) is 4.90 Å². The number of fused-ring (bicyclic) bond motifs is 1. The molecule has 1 heterocycles. The second-order valence-corrected chi connectivity index (χ2v) is 7.66. The summed E-state index contributed by atoms with van der Waals surface area (Å²) in [6, 6.07) is 5.63. The molecule has 0 radical (unpaired) electrons. The number of benzene rings is 1. The van der Waals surface area contributed by atoms with Gasteiger partial charge in [0.2, 0.25) is 0 Å². The zero-order valence-electron chi connectivity index (χ0n) is 20.0. The van der Waals surface area contributed by atoms with Crippen LogP contribution in [0.5, 0.6) is 5.75 Å². The number of rotatable bonds is 7. The van der Waals surface area contributed by atoms with Gasteiger partial charge < -0.3 is 10.0 Å². The third-order valence-corrected chi connectivity index (χ3v) is 5.57. The first-order valence-corrected chi connectivity index (χ1v) is 11.5. The quantitative estimate of drug-likeness (QED) is 0.438. The Morgan fingerprint density at radius 1 is 1.06 bits per heavy atom. The Morgan fingerprint density at radius 3 is 2.31 bits per heavy atom. The van der Waals surface area contributed by atoms with E-state index in [4.69, 9.17) is 0 Å². The maximum absolute atomic E-state index is 12.8. The molecule has 1 N–H and O–H groups in total. The van der Waals surface area contributed by atoms with Crippen molar-refractivity contribution in [1.29, 1.82) is 0 Å². The summed E-state index contributed by atoms with van der Waals surface area (Å²) in [5, 5.41) is 9.67. The minimum Gasteiger partial charge on any atom is -0.508 e. The number of nitrogens with zero attached hydrogens (tertiary/aromatic N) is 1. The summed E-state index contributed by atoms with van der Waals surface area (Å²) in [6.07, 6.45) is 8.40. The van der Waals surface area contributed by atoms with Gasteiger partial charge in [-0.05, 0) is 67.9 Å². The molecule has 0 saturated carbocycles. The average Bonchev–Trinajstić information content (AvgIpc) is 2.96. The summed E-state index contributed by atoms with van der Waals surface area (Å²) in [4.78, 5) is 2.42. The van der Waals surface area contributed by atoms with Gasteiger partial charge in [0, 0.05) is 19.6 Å². The zero-order valence-corrected chi connectivity index (χ0v) is 20.0. The van der Waals surface area contributed by atoms with Crippen LogP contribution in [0.3, 0.4) is 0 Å². The van der Waals surface area contributed by atoms with Crippen LogP contribution in [-0.2, 0) is 12.8 Å². The lowest BCUT2D eigenvalue weighted by Gasteiger charge is -2.18. The van der Waals surface area contributed by atoms with Gasteiger partial charge in [0.1, 0.15) is 5.75 Å². The molecule has 2 nitrogen and oxygen atoms in total. The number of phenolic OH excluding ortho intramolecular Hbond substituents is 1. The first-order valence-electron chi connectivity index (χ1n) is 11.5. The van der Waals surface area contributed by atoms with Gasteiger partial charge in [-0.3, -0.25) is 0 Å². The summed E-state index contributed by atoms with van der Waals surface area (Å²) in [5.41, 5.74) is 2.91. The van der Waals surface area contributed by atoms with Crippen molar-refractivity contribution in [2.75, 3.05) is 19.6 Å². The second kappa shape index (κ2) is 14.0. The molecule has 5 heteroatoms. The monoisotopic (exact) mass is 449 g/mol. The van der Waals surface area contributed by atoms with Crippen molar-refractivity contribution < 1.29 is 18.3 Å². The van der Waals surface area contributed by atoms with Crippen LogP contribution < -0.4 is 0 Å². The van der Waals surface area contributed by atoms with E-state index in [9.17, 15) is 18.3 Å². The summed E-state index contributed by atoms with van der Waals surface area (Å²) in [5.74, 6) is 0.230. The van der Waals surface area contributed by atoms with Crippen LogP contribution in [0, 0.1) is 5.92 Å². The Kier molecular flexibility index (Phi) is 12.1. The molecule has 1 unspecified atom stereocenters. The maximum Gasteiger partial charge on any atom is 0.416 e. The van der Waals surface area contributed by atoms with Crippen LogP contribution in [0.25, 0.3) is 0 Å². The second-order valence-electron chi connectivity index (χ2n) is 7.66. The standard InChI is InChI=1S/C25H32F3NO.C2H6/c1-4-20(19(3)9-11-23(5-2)25(26,27)28)8-6-7-15-29-16-13-21-10-12-24(30)18-22(21)14-17-29;1-2/h4-6,8-12,18-19,30H,7,13-17H2,1-3H3;1-2H3/b8-6-,11-9-,20-4+,23-5+;. The molecule has 178 valence electrons. The van der Waals surface area contributed by atoms with E-state index in [0.29, 0.717) is 5.75 Å². The van der Waals surface area contributed by atoms with Gasteiger partial charge in [-0.15, -0.1) is 0 Å². The zero-order chi connectivity index (χ0) is 24.1. The molecule has 0 bridgehead atoms. The summed E-state index contributed by atoms with van der Waals surface area (Å²) in [6.45, 7) is 12.1. The van der Waals surface area contributed by atoms with Crippen LogP contribution in [-0.4, -0.2) is 35.8 Å². The lowest BCUT2D eigenvalue weighted by atomic mass is 9.98. The van der Waals surface area contributed by atoms with Gasteiger partial charge in [0.25, 0.3) is 0 Å². The molecular formula is C27H38F3NO. The Morgan fingerprint density at radius 2 is 1.72 bits per heavy atom. The highest BCUT2D eigenvalue weighted by atomic mass is 19.4. The number of alkyl halides is 3. The van der Waals surface area contributed by atoms with E-state index in [1.165, 1.54) is 18.1 Å². The van der Waals surface area contributed by atoms with E-state index in [2.05, 4.69) is 11.0 Å². The smallest absolute Gasteiger partial charge is 0.416 e. The van der Waals surface area contributed by atoms with Gasteiger partial charge in [-0.2, -0.15) is 13.2 Å². The molecule has 0 spiro atoms. The molecule has 1 aliphatic heterocycles. The SMILES string of the molecule is C/C=C(\C=C/CCN1CCc2ccc(O)cc2CC1)C(C)/C=C\C(=C/C)C(F)(F)F.CC. The van der Waals surface area contributed by atoms with E-state index in [-0.39, 0.29) is 5.92 Å². The highest BCUT2D eigenvalue weighted by Crippen LogP contribution is 2.27. The van der Waals surface area contributed by atoms with Gasteiger partial charge in [-0.1, -0.05) is 63.3 Å². The number of halogens is 3. The lowest BCUT2D eigenvalue weighted by Crippen LogP contribution is -2.27. The number of aromatic hydroxyl groups is 1. The summed E-state index contributed by atoms with van der Waals surface area (Å²) < 4.78 is 38.5. The van der Waals surface area contributed by atoms with Crippen molar-refractivity contribution in [3.05, 3.63) is 76.9 Å². The lowest BCUT2D eigenvalue weighted by molar-refractivity contribution is -0.0883. The van der Waals surface area contributed by atoms with Crippen LogP contribution in [0.4, 0.5) is 13.2 Å². The number of hydrogen-bond donors (Lipinski definition) is 1. The molecule has 32 heavy (non-hydrogen) atoms. The Balaban J connectivity index is 0.00000249. The van der Waals surface area contributed by atoms with E-state index >= 15 is 0 Å². The molecule has 0 aliphatic carbocycles. The van der Waals surface area contributed by atoms with Crippen LogP contribution in [0.15, 0.2) is 65.8 Å². The Hall–Kier alpha value is -2.27. The first-order chi connectivity index (χ1) is 15.2. The normalized spacial score (nSPS) is 17.1. The highest BCUT2D eigenvalue weighted by Gasteiger charge is 2.30. The Labute approximate surface area is 191 Å². The molecule has 0 fully saturated rings. The van der Waals surface area contributed by atoms with E-state index < -0.39 is 11.7 Å². The minimum absolute atomic E-state index is 0.0936. The third kappa shape index (κ3) is 9.07. The van der Waals surface area contributed by atoms with E-state index in [1.54, 1.807) is 12.1 Å². The van der Waals surface area contributed by atoms with Gasteiger partial charge in [0.15, 0.2) is 0 Å². The van der Waals surface area contributed by atoms with Gasteiger partial charge in [0.05, 0.1) is 5.57 Å². The number of allylic oxidation sites excluding steroid dienone is 7. The van der Waals surface area contributed by atoms with Crippen LogP contribution in [0.2, 0.25) is 0 Å². The fraction of sp³-hybridized carbons (Fsp3) is 0.481. The number of hydrogen-bond acceptors (Lipinski definition) is 2. The molecule has 1 atom stereocenters. The fourth-order valence-electron chi connectivity index (χ4n) is 3.68. The van der Waals surface area contributed by atoms with Crippen molar-refractivity contribution in [2.45, 2.75) is 60.1 Å². The highest BCUT2D eigenvalue weighted by molar-refractivity contribution is 5.36. The minimum atomic E-state index is -4.32. The molecular weight excluding hydrogens is 411 g/mol. The number of phenols is 1. The van der Waals surface area contributed by atoms with Crippen LogP contribution in [0.1, 0.15) is 52.2 Å². The molecule has 1 aliphatic rings. The maximum atomic E-state index is 12.8. The van der Waals surface area contributed by atoms with Crippen LogP contribution >= 0.6 is 0 Å². The van der Waals surface area contributed by atoms with E-state index in [1.807, 2.05) is 52.0 Å². The summed E-state index contributed by atoms with van der Waals surface area (Å²) in [7, 11) is 0. The van der Waals surface area contributed by atoms with Gasteiger partial charge >= 0.3 is 6.18 Å². The molecule has 1 aromatic carbocycles. The van der Waals surface area contributed by atoms with Crippen molar-refractivity contribution in [3.63, 3.8) is 0 Å². The third-order valence-electron chi connectivity index (χ3n) is 5.57. The predicted molar refractivity (Wildman–Crippen MR) is 129 cm³/mol.